The quantitative estimate of drug-likeness (QED) is 0.270. The number of rotatable bonds is 5. The average Bonchev–Trinajstić information content (AvgIpc) is 2.88. The third kappa shape index (κ3) is 4.12. The number of nitrogens with zero attached hydrogens (tertiary/aromatic N) is 2. The lowest BCUT2D eigenvalue weighted by Crippen LogP contribution is -2.03. The van der Waals surface area contributed by atoms with E-state index in [1.807, 2.05) is 84.9 Å². The van der Waals surface area contributed by atoms with Crippen LogP contribution in [-0.4, -0.2) is 4.98 Å². The van der Waals surface area contributed by atoms with Gasteiger partial charge in [-0.05, 0) is 40.1 Å². The molecule has 0 saturated carbocycles. The van der Waals surface area contributed by atoms with Gasteiger partial charge >= 0.3 is 0 Å². The van der Waals surface area contributed by atoms with Crippen LogP contribution in [0.4, 0.5) is 5.82 Å². The van der Waals surface area contributed by atoms with Gasteiger partial charge in [0.1, 0.15) is 29.8 Å². The molecule has 4 aromatic carbocycles. The summed E-state index contributed by atoms with van der Waals surface area (Å²) in [5.74, 6) is 0.880. The van der Waals surface area contributed by atoms with Crippen molar-refractivity contribution in [2.24, 2.45) is 0 Å². The number of anilines is 1. The molecule has 34 heavy (non-hydrogen) atoms. The maximum atomic E-state index is 10.1. The topological polar surface area (TPSA) is 71.9 Å². The summed E-state index contributed by atoms with van der Waals surface area (Å²) >= 11 is 3.47. The van der Waals surface area contributed by atoms with Crippen molar-refractivity contribution in [2.45, 2.75) is 6.61 Å². The number of pyridine rings is 1. The lowest BCUT2D eigenvalue weighted by Gasteiger charge is -2.19. The monoisotopic (exact) mass is 505 g/mol. The van der Waals surface area contributed by atoms with E-state index in [1.165, 1.54) is 0 Å². The van der Waals surface area contributed by atoms with Gasteiger partial charge < -0.3 is 10.5 Å². The summed E-state index contributed by atoms with van der Waals surface area (Å²) in [6.45, 7) is 0.391. The molecule has 164 valence electrons. The smallest absolute Gasteiger partial charge is 0.141 e. The maximum absolute atomic E-state index is 10.1. The molecular formula is C29H20BrN3O. The SMILES string of the molecule is N#Cc1c(N)ncc(-c2ccccc2)c1-c1c(OCc2ccc(Br)cc2)ccc2ccccc12. The van der Waals surface area contributed by atoms with Crippen LogP contribution in [0.2, 0.25) is 0 Å². The molecule has 0 aliphatic rings. The highest BCUT2D eigenvalue weighted by Gasteiger charge is 2.22. The van der Waals surface area contributed by atoms with Crippen molar-refractivity contribution >= 4 is 32.5 Å². The molecule has 0 aliphatic heterocycles. The van der Waals surface area contributed by atoms with E-state index in [0.717, 1.165) is 43.1 Å². The third-order valence-electron chi connectivity index (χ3n) is 5.75. The number of aromatic nitrogens is 1. The predicted molar refractivity (Wildman–Crippen MR) is 140 cm³/mol. The summed E-state index contributed by atoms with van der Waals surface area (Å²) in [7, 11) is 0. The van der Waals surface area contributed by atoms with E-state index < -0.39 is 0 Å². The molecular weight excluding hydrogens is 486 g/mol. The number of ether oxygens (including phenoxy) is 1. The van der Waals surface area contributed by atoms with Gasteiger partial charge in [-0.25, -0.2) is 4.98 Å². The zero-order valence-corrected chi connectivity index (χ0v) is 19.8. The fourth-order valence-corrected chi connectivity index (χ4v) is 4.37. The summed E-state index contributed by atoms with van der Waals surface area (Å²) in [5, 5.41) is 12.1. The van der Waals surface area contributed by atoms with Crippen LogP contribution in [0.25, 0.3) is 33.0 Å². The minimum absolute atomic E-state index is 0.198. The minimum Gasteiger partial charge on any atom is -0.488 e. The predicted octanol–water partition coefficient (Wildman–Crippen LogP) is 7.36. The van der Waals surface area contributed by atoms with Gasteiger partial charge in [0.25, 0.3) is 0 Å². The van der Waals surface area contributed by atoms with Gasteiger partial charge in [-0.15, -0.1) is 0 Å². The lowest BCUT2D eigenvalue weighted by atomic mass is 9.89. The zero-order valence-electron chi connectivity index (χ0n) is 18.2. The molecule has 0 bridgehead atoms. The lowest BCUT2D eigenvalue weighted by molar-refractivity contribution is 0.308. The number of hydrogen-bond acceptors (Lipinski definition) is 4. The van der Waals surface area contributed by atoms with Gasteiger partial charge in [0.15, 0.2) is 0 Å². The van der Waals surface area contributed by atoms with Crippen LogP contribution in [0.5, 0.6) is 5.75 Å². The number of benzene rings is 4. The van der Waals surface area contributed by atoms with Gasteiger partial charge in [0.05, 0.1) is 0 Å². The first-order valence-corrected chi connectivity index (χ1v) is 11.6. The Balaban J connectivity index is 1.76. The van der Waals surface area contributed by atoms with E-state index >= 15 is 0 Å². The highest BCUT2D eigenvalue weighted by atomic mass is 79.9. The summed E-state index contributed by atoms with van der Waals surface area (Å²) in [6.07, 6.45) is 1.74. The first-order valence-electron chi connectivity index (χ1n) is 10.8. The number of fused-ring (bicyclic) bond motifs is 1. The molecule has 5 aromatic rings. The van der Waals surface area contributed by atoms with Crippen LogP contribution < -0.4 is 10.5 Å². The molecule has 1 heterocycles. The van der Waals surface area contributed by atoms with E-state index in [0.29, 0.717) is 17.9 Å². The average molecular weight is 506 g/mol. The van der Waals surface area contributed by atoms with Crippen molar-refractivity contribution in [1.29, 1.82) is 5.26 Å². The van der Waals surface area contributed by atoms with Crippen LogP contribution in [-0.2, 0) is 6.61 Å². The second-order valence-electron chi connectivity index (χ2n) is 7.86. The van der Waals surface area contributed by atoms with E-state index in [9.17, 15) is 5.26 Å². The highest BCUT2D eigenvalue weighted by molar-refractivity contribution is 9.10. The van der Waals surface area contributed by atoms with E-state index in [-0.39, 0.29) is 5.82 Å². The molecule has 0 unspecified atom stereocenters. The van der Waals surface area contributed by atoms with E-state index in [4.69, 9.17) is 10.5 Å². The third-order valence-corrected chi connectivity index (χ3v) is 6.28. The first kappa shape index (κ1) is 21.7. The van der Waals surface area contributed by atoms with Crippen molar-refractivity contribution in [3.63, 3.8) is 0 Å². The molecule has 0 saturated heterocycles. The van der Waals surface area contributed by atoms with Crippen molar-refractivity contribution in [3.8, 4) is 34.1 Å². The summed E-state index contributed by atoms with van der Waals surface area (Å²) in [6, 6.07) is 32.3. The Labute approximate surface area is 206 Å². The van der Waals surface area contributed by atoms with Crippen molar-refractivity contribution in [1.82, 2.24) is 4.98 Å². The number of nitrogens with two attached hydrogens (primary N) is 1. The van der Waals surface area contributed by atoms with E-state index in [1.54, 1.807) is 6.20 Å². The molecule has 0 atom stereocenters. The standard InChI is InChI=1S/C29H20BrN3O/c30-22-13-10-19(11-14-22)18-34-26-15-12-21-8-4-5-9-23(21)28(26)27-24(16-31)29(32)33-17-25(27)20-6-2-1-3-7-20/h1-15,17H,18H2,(H2,32,33). The number of halogens is 1. The Morgan fingerprint density at radius 1 is 0.853 bits per heavy atom. The second-order valence-corrected chi connectivity index (χ2v) is 8.78. The molecule has 5 heteroatoms. The zero-order chi connectivity index (χ0) is 23.5. The summed E-state index contributed by atoms with van der Waals surface area (Å²) < 4.78 is 7.38. The molecule has 0 spiro atoms. The number of nitriles is 1. The van der Waals surface area contributed by atoms with Crippen LogP contribution in [0, 0.1) is 11.3 Å². The summed E-state index contributed by atoms with van der Waals surface area (Å²) in [4.78, 5) is 4.33. The second kappa shape index (κ2) is 9.38. The van der Waals surface area contributed by atoms with Gasteiger partial charge in [0, 0.05) is 27.4 Å². The van der Waals surface area contributed by atoms with Crippen LogP contribution in [0.3, 0.4) is 0 Å². The Morgan fingerprint density at radius 3 is 2.35 bits per heavy atom. The largest absolute Gasteiger partial charge is 0.488 e. The Kier molecular flexibility index (Phi) is 5.99. The molecule has 1 aromatic heterocycles. The Bertz CT molecular complexity index is 1520. The van der Waals surface area contributed by atoms with Crippen LogP contribution in [0.1, 0.15) is 11.1 Å². The van der Waals surface area contributed by atoms with Crippen LogP contribution >= 0.6 is 15.9 Å². The van der Waals surface area contributed by atoms with E-state index in [2.05, 4.69) is 33.0 Å². The first-order chi connectivity index (χ1) is 16.7. The molecule has 4 nitrogen and oxygen atoms in total. The fraction of sp³-hybridized carbons (Fsp3) is 0.0345. The maximum Gasteiger partial charge on any atom is 0.141 e. The normalized spacial score (nSPS) is 10.7. The van der Waals surface area contributed by atoms with Crippen LogP contribution in [0.15, 0.2) is 102 Å². The molecule has 0 amide bonds. The molecule has 0 fully saturated rings. The highest BCUT2D eigenvalue weighted by Crippen LogP contribution is 2.44. The fourth-order valence-electron chi connectivity index (χ4n) is 4.11. The minimum atomic E-state index is 0.198. The molecule has 2 N–H and O–H groups in total. The number of nitrogen functional groups attached to an aromatic ring is 1. The molecule has 0 aliphatic carbocycles. The van der Waals surface area contributed by atoms with Gasteiger partial charge in [-0.1, -0.05) is 88.7 Å². The molecule has 0 radical (unpaired) electrons. The molecule has 5 rings (SSSR count). The van der Waals surface area contributed by atoms with Crippen molar-refractivity contribution < 1.29 is 4.74 Å². The van der Waals surface area contributed by atoms with Gasteiger partial charge in [0.2, 0.25) is 0 Å². The van der Waals surface area contributed by atoms with Crippen molar-refractivity contribution in [3.05, 3.63) is 113 Å². The number of hydrogen-bond donors (Lipinski definition) is 1. The Morgan fingerprint density at radius 2 is 1.59 bits per heavy atom. The Hall–Kier alpha value is -4.14. The van der Waals surface area contributed by atoms with Crippen molar-refractivity contribution in [2.75, 3.05) is 5.73 Å². The van der Waals surface area contributed by atoms with Gasteiger partial charge in [-0.3, -0.25) is 0 Å². The summed E-state index contributed by atoms with van der Waals surface area (Å²) in [5.41, 5.74) is 10.9. The van der Waals surface area contributed by atoms with Gasteiger partial charge in [-0.2, -0.15) is 5.26 Å².